The van der Waals surface area contributed by atoms with E-state index < -0.39 is 18.1 Å². The number of β-amino-alcohol motifs (C(OH)–C–C–N with tert-alkyl or cyclic N) is 1. The summed E-state index contributed by atoms with van der Waals surface area (Å²) in [6.07, 6.45) is 1.27. The number of rotatable bonds is 4. The van der Waals surface area contributed by atoms with E-state index in [1.54, 1.807) is 0 Å². The molecule has 1 fully saturated rings. The number of aryl methyl sites for hydroxylation is 2. The smallest absolute Gasteiger partial charge is 0.326 e. The van der Waals surface area contributed by atoms with Gasteiger partial charge in [-0.3, -0.25) is 4.79 Å². The van der Waals surface area contributed by atoms with Crippen molar-refractivity contribution in [2.24, 2.45) is 0 Å². The first-order valence-electron chi connectivity index (χ1n) is 6.75. The monoisotopic (exact) mass is 297 g/mol. The van der Waals surface area contributed by atoms with Crippen LogP contribution in [0.15, 0.2) is 6.07 Å². The number of amides is 1. The zero-order valence-corrected chi connectivity index (χ0v) is 12.4. The lowest BCUT2D eigenvalue weighted by Crippen LogP contribution is -2.40. The van der Waals surface area contributed by atoms with Crippen LogP contribution in [0.3, 0.4) is 0 Å². The Labute approximate surface area is 121 Å². The van der Waals surface area contributed by atoms with Gasteiger partial charge in [-0.15, -0.1) is 11.3 Å². The summed E-state index contributed by atoms with van der Waals surface area (Å²) < 4.78 is 0. The lowest BCUT2D eigenvalue weighted by atomic mass is 10.1. The fourth-order valence-electron chi connectivity index (χ4n) is 2.56. The summed E-state index contributed by atoms with van der Waals surface area (Å²) in [4.78, 5) is 26.5. The highest BCUT2D eigenvalue weighted by Crippen LogP contribution is 2.27. The molecule has 0 unspecified atom stereocenters. The fourth-order valence-corrected chi connectivity index (χ4v) is 3.58. The minimum absolute atomic E-state index is 0.0931. The molecule has 6 heteroatoms. The van der Waals surface area contributed by atoms with Gasteiger partial charge in [0.2, 0.25) is 0 Å². The van der Waals surface area contributed by atoms with Crippen LogP contribution in [0.25, 0.3) is 0 Å². The van der Waals surface area contributed by atoms with Crippen molar-refractivity contribution >= 4 is 23.2 Å². The normalized spacial score (nSPS) is 22.2. The highest BCUT2D eigenvalue weighted by atomic mass is 32.1. The van der Waals surface area contributed by atoms with Gasteiger partial charge in [-0.25, -0.2) is 4.79 Å². The Kier molecular flexibility index (Phi) is 4.45. The van der Waals surface area contributed by atoms with Crippen LogP contribution in [0.5, 0.6) is 0 Å². The molecular formula is C14H19NO4S. The number of aliphatic carboxylic acids is 1. The predicted molar refractivity (Wildman–Crippen MR) is 76.1 cm³/mol. The Morgan fingerprint density at radius 1 is 1.50 bits per heavy atom. The number of likely N-dealkylation sites (tertiary alicyclic amines) is 1. The highest BCUT2D eigenvalue weighted by molar-refractivity contribution is 7.14. The standard InChI is InChI=1S/C14H19NO4S/c1-3-4-9-5-12(20-8(9)2)13(17)15-7-10(16)6-11(15)14(18)19/h5,10-11,16H,3-4,6-7H2,1-2H3,(H,18,19)/t10-,11+/m1/s1. The molecule has 0 bridgehead atoms. The maximum atomic E-state index is 12.4. The third kappa shape index (κ3) is 2.86. The Morgan fingerprint density at radius 2 is 2.20 bits per heavy atom. The number of aliphatic hydroxyl groups excluding tert-OH is 1. The maximum Gasteiger partial charge on any atom is 0.326 e. The van der Waals surface area contributed by atoms with E-state index in [0.717, 1.165) is 23.3 Å². The van der Waals surface area contributed by atoms with Gasteiger partial charge in [-0.1, -0.05) is 13.3 Å². The number of aliphatic hydroxyl groups is 1. The predicted octanol–water partition coefficient (Wildman–Crippen LogP) is 1.67. The number of carbonyl (C=O) groups is 2. The Bertz CT molecular complexity index is 525. The molecule has 0 saturated carbocycles. The largest absolute Gasteiger partial charge is 0.480 e. The minimum atomic E-state index is -1.06. The van der Waals surface area contributed by atoms with E-state index in [1.807, 2.05) is 13.0 Å². The van der Waals surface area contributed by atoms with Crippen LogP contribution in [0, 0.1) is 6.92 Å². The molecule has 1 aromatic heterocycles. The van der Waals surface area contributed by atoms with Crippen molar-refractivity contribution in [2.45, 2.75) is 45.3 Å². The molecule has 0 aliphatic carbocycles. The Hall–Kier alpha value is -1.40. The third-order valence-electron chi connectivity index (χ3n) is 3.58. The van der Waals surface area contributed by atoms with Gasteiger partial charge in [-0.2, -0.15) is 0 Å². The van der Waals surface area contributed by atoms with Crippen molar-refractivity contribution in [2.75, 3.05) is 6.54 Å². The van der Waals surface area contributed by atoms with Crippen LogP contribution < -0.4 is 0 Å². The quantitative estimate of drug-likeness (QED) is 0.886. The minimum Gasteiger partial charge on any atom is -0.480 e. The topological polar surface area (TPSA) is 77.8 Å². The SMILES string of the molecule is CCCc1cc(C(=O)N2C[C@H](O)C[C@H]2C(=O)O)sc1C. The second-order valence-corrected chi connectivity index (χ2v) is 6.40. The summed E-state index contributed by atoms with van der Waals surface area (Å²) >= 11 is 1.40. The van der Waals surface area contributed by atoms with E-state index in [9.17, 15) is 14.7 Å². The molecule has 1 aliphatic heterocycles. The van der Waals surface area contributed by atoms with E-state index >= 15 is 0 Å². The molecule has 1 aromatic rings. The number of carboxylic acids is 1. The van der Waals surface area contributed by atoms with E-state index in [0.29, 0.717) is 4.88 Å². The summed E-state index contributed by atoms with van der Waals surface area (Å²) in [6.45, 7) is 4.14. The van der Waals surface area contributed by atoms with Crippen LogP contribution in [0.1, 0.15) is 39.9 Å². The summed E-state index contributed by atoms with van der Waals surface area (Å²) in [5.41, 5.74) is 1.15. The Balaban J connectivity index is 2.22. The van der Waals surface area contributed by atoms with Crippen molar-refractivity contribution in [1.29, 1.82) is 0 Å². The fraction of sp³-hybridized carbons (Fsp3) is 0.571. The molecule has 2 N–H and O–H groups in total. The third-order valence-corrected chi connectivity index (χ3v) is 4.66. The second kappa shape index (κ2) is 5.93. The van der Waals surface area contributed by atoms with E-state index in [-0.39, 0.29) is 18.9 Å². The van der Waals surface area contributed by atoms with Crippen LogP contribution in [-0.2, 0) is 11.2 Å². The van der Waals surface area contributed by atoms with Gasteiger partial charge in [0.05, 0.1) is 11.0 Å². The van der Waals surface area contributed by atoms with E-state index in [2.05, 4.69) is 6.92 Å². The van der Waals surface area contributed by atoms with Gasteiger partial charge >= 0.3 is 5.97 Å². The van der Waals surface area contributed by atoms with Crippen molar-refractivity contribution in [3.8, 4) is 0 Å². The maximum absolute atomic E-state index is 12.4. The molecule has 2 atom stereocenters. The number of nitrogens with zero attached hydrogens (tertiary/aromatic N) is 1. The molecule has 0 radical (unpaired) electrons. The lowest BCUT2D eigenvalue weighted by Gasteiger charge is -2.20. The molecular weight excluding hydrogens is 278 g/mol. The molecule has 110 valence electrons. The first-order valence-corrected chi connectivity index (χ1v) is 7.56. The van der Waals surface area contributed by atoms with Gasteiger partial charge in [0.1, 0.15) is 6.04 Å². The van der Waals surface area contributed by atoms with Gasteiger partial charge < -0.3 is 15.1 Å². The first-order chi connectivity index (χ1) is 9.43. The number of hydrogen-bond acceptors (Lipinski definition) is 4. The van der Waals surface area contributed by atoms with Crippen molar-refractivity contribution < 1.29 is 19.8 Å². The molecule has 1 amide bonds. The van der Waals surface area contributed by atoms with Gasteiger partial charge in [0, 0.05) is 17.8 Å². The summed E-state index contributed by atoms with van der Waals surface area (Å²) in [5.74, 6) is -1.35. The van der Waals surface area contributed by atoms with Crippen LogP contribution in [0.2, 0.25) is 0 Å². The Morgan fingerprint density at radius 3 is 2.80 bits per heavy atom. The lowest BCUT2D eigenvalue weighted by molar-refractivity contribution is -0.141. The molecule has 5 nitrogen and oxygen atoms in total. The van der Waals surface area contributed by atoms with Crippen molar-refractivity contribution in [3.05, 3.63) is 21.4 Å². The molecule has 2 rings (SSSR count). The number of carboxylic acid groups (broad SMARTS) is 1. The van der Waals surface area contributed by atoms with E-state index in [1.165, 1.54) is 16.2 Å². The first kappa shape index (κ1) is 15.0. The molecule has 1 aliphatic rings. The number of thiophene rings is 1. The summed E-state index contributed by atoms with van der Waals surface area (Å²) in [7, 11) is 0. The second-order valence-electron chi connectivity index (χ2n) is 5.14. The average molecular weight is 297 g/mol. The average Bonchev–Trinajstić information content (AvgIpc) is 2.93. The van der Waals surface area contributed by atoms with Gasteiger partial charge in [0.15, 0.2) is 0 Å². The summed E-state index contributed by atoms with van der Waals surface area (Å²) in [6, 6.07) is 0.935. The number of hydrogen-bond donors (Lipinski definition) is 2. The number of carbonyl (C=O) groups excluding carboxylic acids is 1. The van der Waals surface area contributed by atoms with Gasteiger partial charge in [-0.05, 0) is 25.0 Å². The zero-order chi connectivity index (χ0) is 14.9. The van der Waals surface area contributed by atoms with E-state index in [4.69, 9.17) is 5.11 Å². The molecule has 0 spiro atoms. The molecule has 2 heterocycles. The zero-order valence-electron chi connectivity index (χ0n) is 11.6. The van der Waals surface area contributed by atoms with Crippen LogP contribution in [0.4, 0.5) is 0 Å². The van der Waals surface area contributed by atoms with Crippen molar-refractivity contribution in [3.63, 3.8) is 0 Å². The molecule has 0 aromatic carbocycles. The molecule has 20 heavy (non-hydrogen) atoms. The van der Waals surface area contributed by atoms with Crippen LogP contribution >= 0.6 is 11.3 Å². The highest BCUT2D eigenvalue weighted by Gasteiger charge is 2.39. The van der Waals surface area contributed by atoms with Crippen LogP contribution in [-0.4, -0.2) is 45.7 Å². The van der Waals surface area contributed by atoms with Crippen molar-refractivity contribution in [1.82, 2.24) is 4.90 Å². The summed E-state index contributed by atoms with van der Waals surface area (Å²) in [5, 5.41) is 18.7. The molecule has 1 saturated heterocycles. The van der Waals surface area contributed by atoms with Gasteiger partial charge in [0.25, 0.3) is 5.91 Å².